The van der Waals surface area contributed by atoms with Gasteiger partial charge in [-0.05, 0) is 41.0 Å². The van der Waals surface area contributed by atoms with Gasteiger partial charge in [-0.15, -0.1) is 0 Å². The van der Waals surface area contributed by atoms with Crippen molar-refractivity contribution in [2.24, 2.45) is 0 Å². The Morgan fingerprint density at radius 3 is 1.96 bits per heavy atom. The lowest BCUT2D eigenvalue weighted by molar-refractivity contribution is 0.720. The predicted octanol–water partition coefficient (Wildman–Crippen LogP) is 6.19. The van der Waals surface area contributed by atoms with Crippen molar-refractivity contribution in [1.29, 1.82) is 0 Å². The van der Waals surface area contributed by atoms with E-state index in [2.05, 4.69) is 97.1 Å². The molecule has 0 radical (unpaired) electrons. The highest BCUT2D eigenvalue weighted by Gasteiger charge is 2.17. The summed E-state index contributed by atoms with van der Waals surface area (Å²) >= 11 is 0. The first-order chi connectivity index (χ1) is 12.8. The Morgan fingerprint density at radius 1 is 0.615 bits per heavy atom. The van der Waals surface area contributed by atoms with Gasteiger partial charge in [-0.2, -0.15) is 0 Å². The van der Waals surface area contributed by atoms with Crippen molar-refractivity contribution in [1.82, 2.24) is 0 Å². The van der Waals surface area contributed by atoms with E-state index in [4.69, 9.17) is 5.73 Å². The van der Waals surface area contributed by atoms with E-state index < -0.39 is 0 Å². The number of aryl methyl sites for hydroxylation is 1. The molecule has 1 unspecified atom stereocenters. The number of benzene rings is 4. The smallest absolute Gasteiger partial charge is 0.0393 e. The van der Waals surface area contributed by atoms with Crippen LogP contribution in [0.25, 0.3) is 10.8 Å². The number of hydrogen-bond acceptors (Lipinski definition) is 1. The molecule has 1 atom stereocenters. The van der Waals surface area contributed by atoms with Crippen LogP contribution in [-0.4, -0.2) is 0 Å². The molecule has 0 aliphatic carbocycles. The van der Waals surface area contributed by atoms with Gasteiger partial charge < -0.3 is 5.73 Å². The first kappa shape index (κ1) is 16.4. The molecule has 0 bridgehead atoms. The highest BCUT2D eigenvalue weighted by molar-refractivity contribution is 5.95. The van der Waals surface area contributed by atoms with Crippen LogP contribution < -0.4 is 5.73 Å². The van der Waals surface area contributed by atoms with Gasteiger partial charge in [0.1, 0.15) is 0 Å². The van der Waals surface area contributed by atoms with Crippen LogP contribution in [-0.2, 0) is 6.42 Å². The molecule has 0 spiro atoms. The first-order valence-corrected chi connectivity index (χ1v) is 9.19. The number of rotatable bonds is 5. The summed E-state index contributed by atoms with van der Waals surface area (Å²) in [6.07, 6.45) is 2.13. The molecule has 0 aliphatic rings. The Hall–Kier alpha value is -3.06. The van der Waals surface area contributed by atoms with Gasteiger partial charge in [0, 0.05) is 17.0 Å². The molecule has 0 heterocycles. The van der Waals surface area contributed by atoms with Crippen molar-refractivity contribution in [3.8, 4) is 0 Å². The van der Waals surface area contributed by atoms with Crippen molar-refractivity contribution >= 4 is 16.5 Å². The largest absolute Gasteiger partial charge is 0.398 e. The normalized spacial score (nSPS) is 12.2. The minimum absolute atomic E-state index is 0.349. The molecule has 4 rings (SSSR count). The standard InChI is InChI=1S/C25H23N/c26-25-18-17-23(22-13-7-8-14-24(22)25)21(20-11-5-2-6-12-20)16-15-19-9-3-1-4-10-19/h1-14,17-18,21H,15-16,26H2. The van der Waals surface area contributed by atoms with Gasteiger partial charge in [-0.25, -0.2) is 0 Å². The Balaban J connectivity index is 1.77. The SMILES string of the molecule is Nc1ccc(C(CCc2ccccc2)c2ccccc2)c2ccccc12. The van der Waals surface area contributed by atoms with Gasteiger partial charge in [0.2, 0.25) is 0 Å². The lowest BCUT2D eigenvalue weighted by Gasteiger charge is -2.21. The summed E-state index contributed by atoms with van der Waals surface area (Å²) in [6.45, 7) is 0. The van der Waals surface area contributed by atoms with Crippen molar-refractivity contribution in [2.45, 2.75) is 18.8 Å². The number of nitrogens with two attached hydrogens (primary N) is 1. The van der Waals surface area contributed by atoms with E-state index in [1.807, 2.05) is 0 Å². The number of fused-ring (bicyclic) bond motifs is 1. The number of nitrogen functional groups attached to an aromatic ring is 1. The van der Waals surface area contributed by atoms with Crippen LogP contribution in [0.2, 0.25) is 0 Å². The van der Waals surface area contributed by atoms with Crippen LogP contribution in [0.3, 0.4) is 0 Å². The zero-order valence-corrected chi connectivity index (χ0v) is 14.8. The lowest BCUT2D eigenvalue weighted by Crippen LogP contribution is -2.05. The molecule has 0 aromatic heterocycles. The van der Waals surface area contributed by atoms with E-state index in [1.54, 1.807) is 0 Å². The second-order valence-electron chi connectivity index (χ2n) is 6.78. The van der Waals surface area contributed by atoms with E-state index in [-0.39, 0.29) is 0 Å². The molecule has 0 fully saturated rings. The fourth-order valence-electron chi connectivity index (χ4n) is 3.79. The van der Waals surface area contributed by atoms with E-state index in [1.165, 1.54) is 22.1 Å². The summed E-state index contributed by atoms with van der Waals surface area (Å²) in [6, 6.07) is 34.3. The van der Waals surface area contributed by atoms with E-state index in [0.29, 0.717) is 5.92 Å². The van der Waals surface area contributed by atoms with Gasteiger partial charge in [-0.3, -0.25) is 0 Å². The zero-order valence-electron chi connectivity index (χ0n) is 14.8. The molecule has 26 heavy (non-hydrogen) atoms. The monoisotopic (exact) mass is 337 g/mol. The summed E-state index contributed by atoms with van der Waals surface area (Å²) in [5.74, 6) is 0.349. The average molecular weight is 337 g/mol. The maximum Gasteiger partial charge on any atom is 0.0393 e. The van der Waals surface area contributed by atoms with Crippen molar-refractivity contribution in [3.63, 3.8) is 0 Å². The van der Waals surface area contributed by atoms with Gasteiger partial charge in [-0.1, -0.05) is 91.0 Å². The van der Waals surface area contributed by atoms with Crippen molar-refractivity contribution < 1.29 is 0 Å². The van der Waals surface area contributed by atoms with E-state index >= 15 is 0 Å². The fraction of sp³-hybridized carbons (Fsp3) is 0.120. The third kappa shape index (κ3) is 3.34. The van der Waals surface area contributed by atoms with Crippen LogP contribution in [0.4, 0.5) is 5.69 Å². The summed E-state index contributed by atoms with van der Waals surface area (Å²) in [4.78, 5) is 0. The van der Waals surface area contributed by atoms with Crippen molar-refractivity contribution in [2.75, 3.05) is 5.73 Å². The third-order valence-electron chi connectivity index (χ3n) is 5.13. The van der Waals surface area contributed by atoms with Gasteiger partial charge in [0.25, 0.3) is 0 Å². The second kappa shape index (κ2) is 7.45. The van der Waals surface area contributed by atoms with Gasteiger partial charge >= 0.3 is 0 Å². The predicted molar refractivity (Wildman–Crippen MR) is 111 cm³/mol. The average Bonchev–Trinajstić information content (AvgIpc) is 2.71. The second-order valence-corrected chi connectivity index (χ2v) is 6.78. The number of hydrogen-bond donors (Lipinski definition) is 1. The van der Waals surface area contributed by atoms with Crippen LogP contribution in [0.5, 0.6) is 0 Å². The van der Waals surface area contributed by atoms with Crippen LogP contribution in [0, 0.1) is 0 Å². The van der Waals surface area contributed by atoms with Crippen molar-refractivity contribution in [3.05, 3.63) is 114 Å². The number of anilines is 1. The third-order valence-corrected chi connectivity index (χ3v) is 5.13. The topological polar surface area (TPSA) is 26.0 Å². The summed E-state index contributed by atoms with van der Waals surface area (Å²) in [5, 5.41) is 2.40. The molecule has 4 aromatic carbocycles. The highest BCUT2D eigenvalue weighted by Crippen LogP contribution is 2.36. The molecule has 1 heteroatoms. The minimum atomic E-state index is 0.349. The molecule has 0 aliphatic heterocycles. The maximum absolute atomic E-state index is 6.23. The summed E-state index contributed by atoms with van der Waals surface area (Å²) in [5.41, 5.74) is 11.2. The Bertz CT molecular complexity index is 990. The zero-order chi connectivity index (χ0) is 17.8. The first-order valence-electron chi connectivity index (χ1n) is 9.19. The molecule has 0 saturated heterocycles. The molecule has 4 aromatic rings. The van der Waals surface area contributed by atoms with Gasteiger partial charge in [0.15, 0.2) is 0 Å². The molecule has 0 saturated carbocycles. The fourth-order valence-corrected chi connectivity index (χ4v) is 3.79. The Kier molecular flexibility index (Phi) is 4.70. The molecule has 128 valence electrons. The Morgan fingerprint density at radius 2 is 1.23 bits per heavy atom. The van der Waals surface area contributed by atoms with Crippen LogP contribution >= 0.6 is 0 Å². The maximum atomic E-state index is 6.23. The summed E-state index contributed by atoms with van der Waals surface area (Å²) < 4.78 is 0. The Labute approximate surface area is 155 Å². The molecular formula is C25H23N. The molecular weight excluding hydrogens is 314 g/mol. The van der Waals surface area contributed by atoms with Crippen LogP contribution in [0.1, 0.15) is 29.0 Å². The molecule has 0 amide bonds. The summed E-state index contributed by atoms with van der Waals surface area (Å²) in [7, 11) is 0. The van der Waals surface area contributed by atoms with Crippen LogP contribution in [0.15, 0.2) is 97.1 Å². The highest BCUT2D eigenvalue weighted by atomic mass is 14.5. The van der Waals surface area contributed by atoms with E-state index in [0.717, 1.165) is 23.9 Å². The van der Waals surface area contributed by atoms with Gasteiger partial charge in [0.05, 0.1) is 0 Å². The van der Waals surface area contributed by atoms with E-state index in [9.17, 15) is 0 Å². The minimum Gasteiger partial charge on any atom is -0.398 e. The molecule has 1 nitrogen and oxygen atoms in total. The molecule has 2 N–H and O–H groups in total. The lowest BCUT2D eigenvalue weighted by atomic mass is 9.83. The quantitative estimate of drug-likeness (QED) is 0.432.